The van der Waals surface area contributed by atoms with Crippen LogP contribution < -0.4 is 0 Å². The van der Waals surface area contributed by atoms with E-state index in [0.717, 1.165) is 4.90 Å². The number of aliphatic carboxylic acids is 1. The zero-order chi connectivity index (χ0) is 29.1. The first-order valence-electron chi connectivity index (χ1n) is 12.9. The zero-order valence-corrected chi connectivity index (χ0v) is 25.0. The van der Waals surface area contributed by atoms with E-state index in [2.05, 4.69) is 15.9 Å². The Morgan fingerprint density at radius 1 is 1.02 bits per heavy atom. The molecule has 40 heavy (non-hydrogen) atoms. The minimum atomic E-state index is -1.97. The maximum Gasteiger partial charge on any atom is 0.303 e. The number of rotatable bonds is 8. The summed E-state index contributed by atoms with van der Waals surface area (Å²) in [5, 5.41) is 18.9. The van der Waals surface area contributed by atoms with Crippen LogP contribution in [0.2, 0.25) is 5.02 Å². The maximum atomic E-state index is 13.8. The topological polar surface area (TPSA) is 132 Å². The summed E-state index contributed by atoms with van der Waals surface area (Å²) in [6.45, 7) is 0.166. The van der Waals surface area contributed by atoms with Crippen LogP contribution in [-0.2, 0) is 24.0 Å². The molecule has 2 aliphatic heterocycles. The fraction of sp³-hybridized carbons (Fsp3) is 0.519. The number of unbranched alkanes of at least 4 members (excludes halogenated alkanes) is 2. The van der Waals surface area contributed by atoms with Crippen LogP contribution in [-0.4, -0.2) is 71.4 Å². The van der Waals surface area contributed by atoms with Crippen molar-refractivity contribution in [3.8, 4) is 5.75 Å². The van der Waals surface area contributed by atoms with Gasteiger partial charge in [-0.05, 0) is 49.3 Å². The molecule has 0 spiro atoms. The van der Waals surface area contributed by atoms with E-state index in [1.54, 1.807) is 0 Å². The molecule has 13 heteroatoms. The molecule has 2 saturated heterocycles. The molecule has 1 aromatic rings. The van der Waals surface area contributed by atoms with Gasteiger partial charge in [-0.3, -0.25) is 33.8 Å². The van der Waals surface area contributed by atoms with Gasteiger partial charge in [0.05, 0.1) is 17.3 Å². The van der Waals surface area contributed by atoms with E-state index in [-0.39, 0.29) is 53.8 Å². The van der Waals surface area contributed by atoms with E-state index < -0.39 is 51.2 Å². The predicted octanol–water partition coefficient (Wildman–Crippen LogP) is 4.40. The van der Waals surface area contributed by atoms with Gasteiger partial charge in [-0.15, -0.1) is 23.2 Å². The predicted molar refractivity (Wildman–Crippen MR) is 149 cm³/mol. The van der Waals surface area contributed by atoms with Gasteiger partial charge in [-0.1, -0.05) is 51.7 Å². The molecule has 6 unspecified atom stereocenters. The zero-order valence-electron chi connectivity index (χ0n) is 21.1. The third-order valence-electron chi connectivity index (χ3n) is 8.67. The van der Waals surface area contributed by atoms with Gasteiger partial charge in [0.25, 0.3) is 11.8 Å². The summed E-state index contributed by atoms with van der Waals surface area (Å²) in [4.78, 5) is 63.5. The van der Waals surface area contributed by atoms with Crippen LogP contribution in [0.1, 0.15) is 50.0 Å². The number of amides is 4. The van der Waals surface area contributed by atoms with E-state index in [1.807, 2.05) is 6.08 Å². The van der Waals surface area contributed by atoms with Crippen molar-refractivity contribution in [3.63, 3.8) is 0 Å². The van der Waals surface area contributed by atoms with Crippen molar-refractivity contribution in [2.75, 3.05) is 12.0 Å². The first-order chi connectivity index (χ1) is 18.9. The monoisotopic (exact) mass is 674 g/mol. The molecule has 214 valence electrons. The van der Waals surface area contributed by atoms with Crippen LogP contribution >= 0.6 is 50.7 Å². The largest absolute Gasteiger partial charge is 0.508 e. The van der Waals surface area contributed by atoms with Gasteiger partial charge in [0.1, 0.15) is 5.75 Å². The van der Waals surface area contributed by atoms with Crippen LogP contribution in [0, 0.1) is 17.8 Å². The second-order valence-corrected chi connectivity index (χ2v) is 12.9. The fourth-order valence-electron chi connectivity index (χ4n) is 6.86. The van der Waals surface area contributed by atoms with Crippen molar-refractivity contribution in [1.29, 1.82) is 0 Å². The van der Waals surface area contributed by atoms with Crippen molar-refractivity contribution in [1.82, 2.24) is 9.80 Å². The molecule has 0 aromatic heterocycles. The molecule has 5 rings (SSSR count). The highest BCUT2D eigenvalue weighted by molar-refractivity contribution is 9.09. The number of carbonyl (C=O) groups excluding carboxylic acids is 4. The van der Waals surface area contributed by atoms with E-state index in [1.165, 1.54) is 23.1 Å². The number of phenols is 1. The number of hydrogen-bond donors (Lipinski definition) is 2. The normalized spacial score (nSPS) is 33.1. The highest BCUT2D eigenvalue weighted by atomic mass is 79.9. The van der Waals surface area contributed by atoms with Crippen molar-refractivity contribution in [2.45, 2.75) is 54.2 Å². The van der Waals surface area contributed by atoms with Crippen LogP contribution in [0.15, 0.2) is 29.8 Å². The van der Waals surface area contributed by atoms with Gasteiger partial charge in [-0.25, -0.2) is 0 Å². The summed E-state index contributed by atoms with van der Waals surface area (Å²) >= 11 is 24.0. The summed E-state index contributed by atoms with van der Waals surface area (Å²) in [7, 11) is 0. The number of fused-ring (bicyclic) bond motifs is 4. The summed E-state index contributed by atoms with van der Waals surface area (Å²) in [5.74, 6) is -6.22. The lowest BCUT2D eigenvalue weighted by Gasteiger charge is -2.51. The van der Waals surface area contributed by atoms with Crippen molar-refractivity contribution in [2.24, 2.45) is 17.8 Å². The second-order valence-electron chi connectivity index (χ2n) is 10.7. The SMILES string of the molecule is O=C(O)CCCCCN1C(=O)C2CC=C3C(CC4(Cl)C(=O)N(CBr)C(=O)C4(Cl)C3c3ccc(O)cc3Cl)C2C1=O. The number of alkyl halides is 3. The molecule has 4 aliphatic rings. The molecule has 2 N–H and O–H groups in total. The Balaban J connectivity index is 1.55. The van der Waals surface area contributed by atoms with Gasteiger partial charge < -0.3 is 10.2 Å². The van der Waals surface area contributed by atoms with Gasteiger partial charge in [-0.2, -0.15) is 0 Å². The summed E-state index contributed by atoms with van der Waals surface area (Å²) in [6.07, 6.45) is 3.39. The molecule has 0 bridgehead atoms. The van der Waals surface area contributed by atoms with Gasteiger partial charge in [0.15, 0.2) is 9.75 Å². The van der Waals surface area contributed by atoms with Crippen molar-refractivity contribution >= 4 is 80.3 Å². The van der Waals surface area contributed by atoms with Crippen LogP contribution in [0.4, 0.5) is 0 Å². The second kappa shape index (κ2) is 10.6. The van der Waals surface area contributed by atoms with Crippen LogP contribution in [0.3, 0.4) is 0 Å². The molecule has 4 amide bonds. The average Bonchev–Trinajstić information content (AvgIpc) is 3.22. The number of allylic oxidation sites excluding steroid dienone is 2. The highest BCUT2D eigenvalue weighted by Gasteiger charge is 2.76. The Morgan fingerprint density at radius 2 is 1.75 bits per heavy atom. The molecular weight excluding hydrogens is 651 g/mol. The Bertz CT molecular complexity index is 1360. The molecule has 9 nitrogen and oxygen atoms in total. The lowest BCUT2D eigenvalue weighted by atomic mass is 9.56. The first kappa shape index (κ1) is 29.4. The Hall–Kier alpha value is -2.14. The molecule has 1 saturated carbocycles. The summed E-state index contributed by atoms with van der Waals surface area (Å²) in [6, 6.07) is 4.23. The number of carboxylic acid groups (broad SMARTS) is 1. The van der Waals surface area contributed by atoms with Crippen molar-refractivity contribution in [3.05, 3.63) is 40.4 Å². The minimum Gasteiger partial charge on any atom is -0.508 e. The summed E-state index contributed by atoms with van der Waals surface area (Å²) in [5.41, 5.74) is 0.854. The number of hydrogen-bond acceptors (Lipinski definition) is 6. The highest BCUT2D eigenvalue weighted by Crippen LogP contribution is 2.66. The fourth-order valence-corrected chi connectivity index (χ4v) is 8.56. The number of carboxylic acids is 1. The van der Waals surface area contributed by atoms with Crippen molar-refractivity contribution < 1.29 is 34.2 Å². The van der Waals surface area contributed by atoms with Gasteiger partial charge in [0.2, 0.25) is 11.8 Å². The van der Waals surface area contributed by atoms with E-state index in [4.69, 9.17) is 39.9 Å². The molecule has 3 fully saturated rings. The average molecular weight is 677 g/mol. The lowest BCUT2D eigenvalue weighted by Crippen LogP contribution is -2.60. The third-order valence-corrected chi connectivity index (χ3v) is 10.9. The summed E-state index contributed by atoms with van der Waals surface area (Å²) < 4.78 is 0. The number of benzene rings is 1. The maximum absolute atomic E-state index is 13.8. The Kier molecular flexibility index (Phi) is 7.78. The Morgan fingerprint density at radius 3 is 2.40 bits per heavy atom. The molecular formula is C27H26BrCl3N2O7. The number of aromatic hydroxyl groups is 1. The smallest absolute Gasteiger partial charge is 0.303 e. The van der Waals surface area contributed by atoms with Gasteiger partial charge >= 0.3 is 5.97 Å². The molecule has 2 aliphatic carbocycles. The molecule has 6 atom stereocenters. The standard InChI is InChI=1S/C27H26BrCl3N2O7/c28-12-33-24(39)26(30)11-17-14(21(27(26,31)25(33)40)15-6-5-13(34)10-18(15)29)7-8-16-20(17)23(38)32(22(16)37)9-3-1-2-4-19(35)36/h5-7,10,16-17,20-21,34H,1-4,8-9,11-12H2,(H,35,36). The number of halogens is 4. The lowest BCUT2D eigenvalue weighted by molar-refractivity contribution is -0.141. The number of carbonyl (C=O) groups is 5. The van der Waals surface area contributed by atoms with E-state index in [0.29, 0.717) is 30.4 Å². The number of likely N-dealkylation sites (tertiary alicyclic amines) is 2. The molecule has 1 aromatic carbocycles. The number of phenolic OH excluding ortho intramolecular Hbond substituents is 1. The van der Waals surface area contributed by atoms with E-state index >= 15 is 0 Å². The minimum absolute atomic E-state index is 0.0137. The molecule has 0 radical (unpaired) electrons. The van der Waals surface area contributed by atoms with Crippen LogP contribution in [0.25, 0.3) is 0 Å². The number of nitrogens with zero attached hydrogens (tertiary/aromatic N) is 2. The first-order valence-corrected chi connectivity index (χ1v) is 15.2. The molecule has 2 heterocycles. The Labute approximate surface area is 253 Å². The number of imide groups is 2. The van der Waals surface area contributed by atoms with Gasteiger partial charge in [0, 0.05) is 23.9 Å². The third kappa shape index (κ3) is 4.20. The van der Waals surface area contributed by atoms with E-state index in [9.17, 15) is 29.1 Å². The van der Waals surface area contributed by atoms with Crippen LogP contribution in [0.5, 0.6) is 5.75 Å². The quantitative estimate of drug-likeness (QED) is 0.137.